The van der Waals surface area contributed by atoms with E-state index in [1.54, 1.807) is 0 Å². The maximum atomic E-state index is 11.8. The van der Waals surface area contributed by atoms with Gasteiger partial charge in [0.05, 0.1) is 5.92 Å². The Bertz CT molecular complexity index is 507. The van der Waals surface area contributed by atoms with Crippen LogP contribution in [0.2, 0.25) is 0 Å². The molecule has 1 aromatic rings. The number of rotatable bonds is 3. The van der Waals surface area contributed by atoms with E-state index in [9.17, 15) is 9.59 Å². The molecule has 1 N–H and O–H groups in total. The molecular weight excluding hydrogens is 322 g/mol. The molecule has 1 aliphatic rings. The van der Waals surface area contributed by atoms with Gasteiger partial charge in [-0.05, 0) is 36.0 Å². The third kappa shape index (κ3) is 9.74. The lowest BCUT2D eigenvalue weighted by Gasteiger charge is -2.22. The lowest BCUT2D eigenvalue weighted by molar-refractivity contribution is -0.134. The Hall–Kier alpha value is -1.64. The highest BCUT2D eigenvalue weighted by molar-refractivity contribution is 6.00. The smallest absolute Gasteiger partial charge is 0.234 e. The zero-order valence-corrected chi connectivity index (χ0v) is 18.4. The van der Waals surface area contributed by atoms with Gasteiger partial charge >= 0.3 is 0 Å². The number of benzene rings is 1. The molecule has 1 unspecified atom stereocenters. The predicted molar refractivity (Wildman–Crippen MR) is 114 cm³/mol. The minimum Gasteiger partial charge on any atom is -0.296 e. The zero-order chi connectivity index (χ0) is 20.5. The fraction of sp³-hybridized carbons (Fsp3) is 0.652. The highest BCUT2D eigenvalue weighted by Gasteiger charge is 2.28. The zero-order valence-electron chi connectivity index (χ0n) is 18.4. The van der Waals surface area contributed by atoms with Crippen LogP contribution in [0.3, 0.4) is 0 Å². The van der Waals surface area contributed by atoms with Crippen LogP contribution in [0.4, 0.5) is 0 Å². The van der Waals surface area contributed by atoms with Gasteiger partial charge in [-0.1, -0.05) is 86.4 Å². The van der Waals surface area contributed by atoms with Crippen LogP contribution in [0.15, 0.2) is 18.2 Å². The molecule has 1 aliphatic heterocycles. The quantitative estimate of drug-likeness (QED) is 0.651. The van der Waals surface area contributed by atoms with E-state index in [1.165, 1.54) is 24.0 Å². The van der Waals surface area contributed by atoms with Crippen LogP contribution < -0.4 is 5.32 Å². The Labute approximate surface area is 162 Å². The van der Waals surface area contributed by atoms with Crippen molar-refractivity contribution in [1.82, 2.24) is 5.32 Å². The molecule has 26 heavy (non-hydrogen) atoms. The molecule has 3 nitrogen and oxygen atoms in total. The molecule has 150 valence electrons. The van der Waals surface area contributed by atoms with Gasteiger partial charge < -0.3 is 0 Å². The van der Waals surface area contributed by atoms with Crippen LogP contribution in [0.25, 0.3) is 0 Å². The summed E-state index contributed by atoms with van der Waals surface area (Å²) in [5, 5.41) is 2.42. The Balaban J connectivity index is 0. The van der Waals surface area contributed by atoms with Crippen molar-refractivity contribution in [1.29, 1.82) is 0 Å². The first kappa shape index (κ1) is 26.6. The molecule has 2 amide bonds. The van der Waals surface area contributed by atoms with Crippen molar-refractivity contribution in [2.24, 2.45) is 0 Å². The molecular formula is C23H41NO2. The molecule has 1 heterocycles. The van der Waals surface area contributed by atoms with Crippen LogP contribution in [0, 0.1) is 0 Å². The van der Waals surface area contributed by atoms with E-state index < -0.39 is 0 Å². The number of carbonyl (C=O) groups is 2. The van der Waals surface area contributed by atoms with E-state index in [4.69, 9.17) is 0 Å². The summed E-state index contributed by atoms with van der Waals surface area (Å²) in [6, 6.07) is 6.26. The number of carbonyl (C=O) groups excluding carboxylic acids is 2. The van der Waals surface area contributed by atoms with Crippen molar-refractivity contribution in [3.05, 3.63) is 34.9 Å². The van der Waals surface area contributed by atoms with Gasteiger partial charge in [-0.3, -0.25) is 14.9 Å². The third-order valence-corrected chi connectivity index (χ3v) is 3.63. The largest absolute Gasteiger partial charge is 0.296 e. The summed E-state index contributed by atoms with van der Waals surface area (Å²) in [5.41, 5.74) is 3.68. The summed E-state index contributed by atoms with van der Waals surface area (Å²) in [4.78, 5) is 23.0. The maximum absolute atomic E-state index is 11.8. The Morgan fingerprint density at radius 3 is 1.81 bits per heavy atom. The average Bonchev–Trinajstić information content (AvgIpc) is 2.64. The minimum absolute atomic E-state index is 0.155. The Kier molecular flexibility index (Phi) is 17.2. The second kappa shape index (κ2) is 16.8. The molecule has 0 aromatic heterocycles. The molecule has 1 aromatic carbocycles. The van der Waals surface area contributed by atoms with E-state index in [0.29, 0.717) is 12.8 Å². The summed E-state index contributed by atoms with van der Waals surface area (Å²) in [7, 11) is 0. The van der Waals surface area contributed by atoms with Gasteiger partial charge in [0, 0.05) is 6.42 Å². The third-order valence-electron chi connectivity index (χ3n) is 3.63. The number of hydrogen-bond acceptors (Lipinski definition) is 2. The van der Waals surface area contributed by atoms with Crippen LogP contribution >= 0.6 is 0 Å². The molecule has 0 radical (unpaired) electrons. The number of hydrogen-bond donors (Lipinski definition) is 1. The first-order chi connectivity index (χ1) is 12.5. The molecule has 1 fully saturated rings. The highest BCUT2D eigenvalue weighted by Crippen LogP contribution is 2.27. The molecule has 0 saturated carbocycles. The van der Waals surface area contributed by atoms with Gasteiger partial charge in [-0.25, -0.2) is 0 Å². The molecule has 2 rings (SSSR count). The number of aryl methyl sites for hydroxylation is 2. The highest BCUT2D eigenvalue weighted by atomic mass is 16.2. The number of nitrogens with one attached hydrogen (secondary N) is 1. The Morgan fingerprint density at radius 1 is 0.885 bits per heavy atom. The van der Waals surface area contributed by atoms with Gasteiger partial charge in [-0.15, -0.1) is 0 Å². The second-order valence-electron chi connectivity index (χ2n) is 6.15. The summed E-state index contributed by atoms with van der Waals surface area (Å²) in [5.74, 6) is -0.478. The summed E-state index contributed by atoms with van der Waals surface area (Å²) < 4.78 is 0. The molecule has 0 spiro atoms. The van der Waals surface area contributed by atoms with Crippen LogP contribution in [-0.4, -0.2) is 11.8 Å². The Morgan fingerprint density at radius 2 is 1.38 bits per heavy atom. The molecule has 1 saturated heterocycles. The van der Waals surface area contributed by atoms with Crippen molar-refractivity contribution in [3.8, 4) is 0 Å². The lowest BCUT2D eigenvalue weighted by Crippen LogP contribution is -2.39. The average molecular weight is 364 g/mol. The van der Waals surface area contributed by atoms with Crippen molar-refractivity contribution in [2.45, 2.75) is 99.8 Å². The maximum Gasteiger partial charge on any atom is 0.234 e. The number of amides is 2. The second-order valence-corrected chi connectivity index (χ2v) is 6.15. The monoisotopic (exact) mass is 363 g/mol. The van der Waals surface area contributed by atoms with Gasteiger partial charge in [0.25, 0.3) is 0 Å². The van der Waals surface area contributed by atoms with E-state index in [2.05, 4.69) is 59.0 Å². The summed E-state index contributed by atoms with van der Waals surface area (Å²) in [6.07, 6.45) is 5.55. The van der Waals surface area contributed by atoms with E-state index in [1.807, 2.05) is 19.9 Å². The SMILES string of the molecule is CC.CCC.CCC.CCc1ccc(C2CCC(=O)NC2=O)cc1CC. The minimum atomic E-state index is -0.168. The van der Waals surface area contributed by atoms with E-state index >= 15 is 0 Å². The van der Waals surface area contributed by atoms with Crippen LogP contribution in [0.5, 0.6) is 0 Å². The fourth-order valence-electron chi connectivity index (χ4n) is 2.55. The lowest BCUT2D eigenvalue weighted by atomic mass is 9.88. The normalized spacial score (nSPS) is 15.3. The number of piperidine rings is 1. The fourth-order valence-corrected chi connectivity index (χ4v) is 2.55. The van der Waals surface area contributed by atoms with Crippen molar-refractivity contribution in [3.63, 3.8) is 0 Å². The number of imide groups is 1. The molecule has 0 bridgehead atoms. The standard InChI is InChI=1S/C15H19NO2.2C3H8.C2H6/c1-3-10-5-6-12(9-11(10)4-2)13-7-8-14(17)16-15(13)18;2*1-3-2;1-2/h5-6,9,13H,3-4,7-8H2,1-2H3,(H,16,17,18);2*3H2,1-2H3;1-2H3. The topological polar surface area (TPSA) is 46.2 Å². The van der Waals surface area contributed by atoms with Crippen molar-refractivity contribution in [2.75, 3.05) is 0 Å². The van der Waals surface area contributed by atoms with Crippen molar-refractivity contribution >= 4 is 11.8 Å². The predicted octanol–water partition coefficient (Wildman–Crippen LogP) is 6.19. The molecule has 0 aliphatic carbocycles. The van der Waals surface area contributed by atoms with Gasteiger partial charge in [0.1, 0.15) is 0 Å². The molecule has 3 heteroatoms. The van der Waals surface area contributed by atoms with Gasteiger partial charge in [0.15, 0.2) is 0 Å². The summed E-state index contributed by atoms with van der Waals surface area (Å²) in [6.45, 7) is 16.8. The summed E-state index contributed by atoms with van der Waals surface area (Å²) >= 11 is 0. The first-order valence-electron chi connectivity index (χ1n) is 10.4. The van der Waals surface area contributed by atoms with Gasteiger partial charge in [-0.2, -0.15) is 0 Å². The first-order valence-corrected chi connectivity index (χ1v) is 10.4. The molecule has 1 atom stereocenters. The van der Waals surface area contributed by atoms with Crippen LogP contribution in [0.1, 0.15) is 104 Å². The van der Waals surface area contributed by atoms with E-state index in [0.717, 1.165) is 18.4 Å². The van der Waals surface area contributed by atoms with Crippen LogP contribution in [-0.2, 0) is 22.4 Å². The van der Waals surface area contributed by atoms with Gasteiger partial charge in [0.2, 0.25) is 11.8 Å². The van der Waals surface area contributed by atoms with E-state index in [-0.39, 0.29) is 17.7 Å². The van der Waals surface area contributed by atoms with Crippen molar-refractivity contribution < 1.29 is 9.59 Å².